The third-order valence-electron chi connectivity index (χ3n) is 6.85. The lowest BCUT2D eigenvalue weighted by atomic mass is 10.2. The van der Waals surface area contributed by atoms with E-state index in [0.29, 0.717) is 17.2 Å². The lowest BCUT2D eigenvalue weighted by molar-refractivity contribution is 0.0955. The van der Waals surface area contributed by atoms with Crippen molar-refractivity contribution in [2.75, 3.05) is 18.0 Å². The molecule has 1 aliphatic rings. The number of carbonyl (C=O) groups is 1. The Morgan fingerprint density at radius 3 is 2.29 bits per heavy atom. The van der Waals surface area contributed by atoms with Crippen LogP contribution in [-0.4, -0.2) is 29.8 Å². The van der Waals surface area contributed by atoms with Crippen molar-refractivity contribution in [2.24, 2.45) is 5.10 Å². The van der Waals surface area contributed by atoms with Gasteiger partial charge in [-0.25, -0.2) is 5.43 Å². The fourth-order valence-electron chi connectivity index (χ4n) is 4.78. The average Bonchev–Trinajstić information content (AvgIpc) is 3.57. The first-order valence-corrected chi connectivity index (χ1v) is 13.2. The van der Waals surface area contributed by atoms with Crippen LogP contribution in [0.3, 0.4) is 0 Å². The van der Waals surface area contributed by atoms with E-state index >= 15 is 0 Å². The van der Waals surface area contributed by atoms with E-state index in [4.69, 9.17) is 16.3 Å². The molecule has 0 atom stereocenters. The lowest BCUT2D eigenvalue weighted by Gasteiger charge is -2.17. The van der Waals surface area contributed by atoms with Crippen LogP contribution in [0.1, 0.15) is 45.7 Å². The topological polar surface area (TPSA) is 58.9 Å². The molecule has 0 saturated carbocycles. The highest BCUT2D eigenvalue weighted by Crippen LogP contribution is 2.23. The molecule has 0 unspecified atom stereocenters. The molecule has 1 aromatic heterocycles. The summed E-state index contributed by atoms with van der Waals surface area (Å²) in [4.78, 5) is 14.9. The van der Waals surface area contributed by atoms with Crippen molar-refractivity contribution in [2.45, 2.75) is 33.3 Å². The third-order valence-corrected chi connectivity index (χ3v) is 7.11. The van der Waals surface area contributed by atoms with Crippen LogP contribution in [-0.2, 0) is 6.61 Å². The largest absolute Gasteiger partial charge is 0.489 e. The van der Waals surface area contributed by atoms with E-state index in [2.05, 4.69) is 33.0 Å². The van der Waals surface area contributed by atoms with Gasteiger partial charge >= 0.3 is 0 Å². The first kappa shape index (κ1) is 25.6. The van der Waals surface area contributed by atoms with Crippen molar-refractivity contribution >= 4 is 29.4 Å². The van der Waals surface area contributed by atoms with Gasteiger partial charge in [0.05, 0.1) is 6.21 Å². The van der Waals surface area contributed by atoms with E-state index in [1.807, 2.05) is 79.7 Å². The van der Waals surface area contributed by atoms with Gasteiger partial charge in [-0.1, -0.05) is 23.7 Å². The molecular formula is C31H31ClN4O2. The van der Waals surface area contributed by atoms with Crippen molar-refractivity contribution in [1.29, 1.82) is 0 Å². The van der Waals surface area contributed by atoms with Gasteiger partial charge in [0, 0.05) is 52.0 Å². The maximum absolute atomic E-state index is 12.6. The summed E-state index contributed by atoms with van der Waals surface area (Å²) in [5.74, 6) is 0.571. The summed E-state index contributed by atoms with van der Waals surface area (Å²) >= 11 is 5.95. The predicted molar refractivity (Wildman–Crippen MR) is 154 cm³/mol. The standard InChI is InChI=1S/C31H31ClN4O2/c1-22-19-26(20-33-34-31(37)25-7-11-28(12-8-25)35-17-3-4-18-35)23(2)36(22)29-13-15-30(16-14-29)38-21-24-5-9-27(32)10-6-24/h5-16,19-20H,3-4,17-18,21H2,1-2H3,(H,34,37)/b33-20-. The molecule has 194 valence electrons. The average molecular weight is 527 g/mol. The molecule has 0 bridgehead atoms. The van der Waals surface area contributed by atoms with E-state index in [9.17, 15) is 4.79 Å². The SMILES string of the molecule is Cc1cc(/C=N\NC(=O)c2ccc(N3CCCC3)cc2)c(C)n1-c1ccc(OCc2ccc(Cl)cc2)cc1. The molecule has 1 fully saturated rings. The highest BCUT2D eigenvalue weighted by Gasteiger charge is 2.13. The van der Waals surface area contributed by atoms with Crippen LogP contribution in [0.15, 0.2) is 84.0 Å². The van der Waals surface area contributed by atoms with Gasteiger partial charge < -0.3 is 14.2 Å². The summed E-state index contributed by atoms with van der Waals surface area (Å²) in [6, 6.07) is 25.4. The highest BCUT2D eigenvalue weighted by atomic mass is 35.5. The molecule has 1 N–H and O–H groups in total. The van der Waals surface area contributed by atoms with Gasteiger partial charge in [-0.15, -0.1) is 0 Å². The number of hydrogen-bond acceptors (Lipinski definition) is 4. The Morgan fingerprint density at radius 2 is 1.61 bits per heavy atom. The maximum Gasteiger partial charge on any atom is 0.271 e. The Hall–Kier alpha value is -4.03. The summed E-state index contributed by atoms with van der Waals surface area (Å²) in [5.41, 5.74) is 9.54. The Morgan fingerprint density at radius 1 is 0.947 bits per heavy atom. The van der Waals surface area contributed by atoms with Crippen LogP contribution in [0.2, 0.25) is 5.02 Å². The van der Waals surface area contributed by atoms with Crippen LogP contribution >= 0.6 is 11.6 Å². The quantitative estimate of drug-likeness (QED) is 0.205. The Kier molecular flexibility index (Phi) is 7.80. The highest BCUT2D eigenvalue weighted by molar-refractivity contribution is 6.30. The zero-order valence-electron chi connectivity index (χ0n) is 21.7. The number of anilines is 1. The Bertz CT molecular complexity index is 1420. The molecule has 0 aliphatic carbocycles. The molecule has 0 radical (unpaired) electrons. The molecule has 6 nitrogen and oxygen atoms in total. The summed E-state index contributed by atoms with van der Waals surface area (Å²) in [7, 11) is 0. The third kappa shape index (κ3) is 5.92. The van der Waals surface area contributed by atoms with E-state index in [0.717, 1.165) is 52.7 Å². The second kappa shape index (κ2) is 11.6. The fourth-order valence-corrected chi connectivity index (χ4v) is 4.90. The summed E-state index contributed by atoms with van der Waals surface area (Å²) in [6.07, 6.45) is 4.14. The minimum atomic E-state index is -0.225. The Balaban J connectivity index is 1.20. The molecule has 0 spiro atoms. The lowest BCUT2D eigenvalue weighted by Crippen LogP contribution is -2.19. The van der Waals surface area contributed by atoms with Crippen LogP contribution in [0.4, 0.5) is 5.69 Å². The van der Waals surface area contributed by atoms with E-state index < -0.39 is 0 Å². The maximum atomic E-state index is 12.6. The summed E-state index contributed by atoms with van der Waals surface area (Å²) in [6.45, 7) is 6.73. The molecule has 1 aliphatic heterocycles. The number of nitrogens with zero attached hydrogens (tertiary/aromatic N) is 3. The molecule has 5 rings (SSSR count). The van der Waals surface area contributed by atoms with E-state index in [-0.39, 0.29) is 5.91 Å². The van der Waals surface area contributed by atoms with Crippen molar-refractivity contribution in [3.63, 3.8) is 0 Å². The number of nitrogens with one attached hydrogen (secondary N) is 1. The monoisotopic (exact) mass is 526 g/mol. The number of amides is 1. The number of benzene rings is 3. The molecule has 3 aromatic carbocycles. The van der Waals surface area contributed by atoms with Crippen LogP contribution in [0.25, 0.3) is 5.69 Å². The van der Waals surface area contributed by atoms with Gasteiger partial charge in [0.25, 0.3) is 5.91 Å². The van der Waals surface area contributed by atoms with Crippen molar-refractivity contribution < 1.29 is 9.53 Å². The molecule has 1 saturated heterocycles. The van der Waals surface area contributed by atoms with Gasteiger partial charge in [-0.05, 0) is 99.0 Å². The van der Waals surface area contributed by atoms with E-state index in [1.165, 1.54) is 12.8 Å². The number of rotatable bonds is 8. The number of carbonyl (C=O) groups excluding carboxylic acids is 1. The van der Waals surface area contributed by atoms with E-state index in [1.54, 1.807) is 6.21 Å². The van der Waals surface area contributed by atoms with Gasteiger partial charge in [0.1, 0.15) is 12.4 Å². The molecule has 2 heterocycles. The van der Waals surface area contributed by atoms with Crippen LogP contribution in [0, 0.1) is 13.8 Å². The van der Waals surface area contributed by atoms with Gasteiger partial charge in [0.2, 0.25) is 0 Å². The first-order valence-electron chi connectivity index (χ1n) is 12.8. The minimum absolute atomic E-state index is 0.225. The fraction of sp³-hybridized carbons (Fsp3) is 0.226. The summed E-state index contributed by atoms with van der Waals surface area (Å²) < 4.78 is 8.07. The molecule has 4 aromatic rings. The molecule has 1 amide bonds. The number of ether oxygens (including phenoxy) is 1. The molecule has 7 heteroatoms. The van der Waals surface area contributed by atoms with Crippen LogP contribution < -0.4 is 15.1 Å². The van der Waals surface area contributed by atoms with Crippen molar-refractivity contribution in [3.05, 3.63) is 112 Å². The second-order valence-corrected chi connectivity index (χ2v) is 9.95. The van der Waals surface area contributed by atoms with Crippen molar-refractivity contribution in [1.82, 2.24) is 9.99 Å². The number of halogens is 1. The zero-order chi connectivity index (χ0) is 26.5. The minimum Gasteiger partial charge on any atom is -0.489 e. The summed E-state index contributed by atoms with van der Waals surface area (Å²) in [5, 5.41) is 4.94. The normalized spacial score (nSPS) is 13.3. The number of aromatic nitrogens is 1. The molecular weight excluding hydrogens is 496 g/mol. The smallest absolute Gasteiger partial charge is 0.271 e. The van der Waals surface area contributed by atoms with Gasteiger partial charge in [-0.2, -0.15) is 5.10 Å². The number of hydrogen-bond donors (Lipinski definition) is 1. The molecule has 38 heavy (non-hydrogen) atoms. The predicted octanol–water partition coefficient (Wildman–Crippen LogP) is 6.69. The Labute approximate surface area is 228 Å². The zero-order valence-corrected chi connectivity index (χ0v) is 22.4. The van der Waals surface area contributed by atoms with Gasteiger partial charge in [0.15, 0.2) is 0 Å². The first-order chi connectivity index (χ1) is 18.5. The van der Waals surface area contributed by atoms with Crippen LogP contribution in [0.5, 0.6) is 5.75 Å². The van der Waals surface area contributed by atoms with Gasteiger partial charge in [-0.3, -0.25) is 4.79 Å². The number of aryl methyl sites for hydroxylation is 1. The number of hydrazone groups is 1. The second-order valence-electron chi connectivity index (χ2n) is 9.51. The van der Waals surface area contributed by atoms with Crippen molar-refractivity contribution in [3.8, 4) is 11.4 Å².